The van der Waals surface area contributed by atoms with E-state index in [-0.39, 0.29) is 24.5 Å². The van der Waals surface area contributed by atoms with Crippen molar-refractivity contribution in [2.24, 2.45) is 0 Å². The van der Waals surface area contributed by atoms with Gasteiger partial charge in [0.25, 0.3) is 0 Å². The van der Waals surface area contributed by atoms with Gasteiger partial charge in [-0.3, -0.25) is 4.79 Å². The van der Waals surface area contributed by atoms with Crippen molar-refractivity contribution in [3.05, 3.63) is 28.8 Å². The number of halogens is 1. The van der Waals surface area contributed by atoms with Crippen LogP contribution in [0.1, 0.15) is 19.4 Å². The fourth-order valence-electron chi connectivity index (χ4n) is 1.41. The Labute approximate surface area is 117 Å². The van der Waals surface area contributed by atoms with Crippen molar-refractivity contribution in [1.29, 1.82) is 0 Å². The molecule has 0 unspecified atom stereocenters. The van der Waals surface area contributed by atoms with Crippen LogP contribution in [0.25, 0.3) is 0 Å². The maximum absolute atomic E-state index is 11.7. The van der Waals surface area contributed by atoms with Crippen molar-refractivity contribution >= 4 is 29.2 Å². The Kier molecular flexibility index (Phi) is 5.63. The number of carbonyl (C=O) groups is 2. The number of anilines is 1. The van der Waals surface area contributed by atoms with Crippen LogP contribution in [0.4, 0.5) is 10.5 Å². The molecule has 6 heteroatoms. The third kappa shape index (κ3) is 5.18. The SMILES string of the molecule is Cc1c(Cl)cccc1NC(=O)CNC(=O)NC(C)C. The summed E-state index contributed by atoms with van der Waals surface area (Å²) in [6, 6.07) is 4.92. The lowest BCUT2D eigenvalue weighted by molar-refractivity contribution is -0.115. The maximum Gasteiger partial charge on any atom is 0.315 e. The first-order valence-electron chi connectivity index (χ1n) is 5.99. The zero-order valence-electron chi connectivity index (χ0n) is 11.2. The van der Waals surface area contributed by atoms with Gasteiger partial charge in [0.05, 0.1) is 6.54 Å². The highest BCUT2D eigenvalue weighted by Crippen LogP contribution is 2.22. The molecule has 104 valence electrons. The molecular formula is C13H18ClN3O2. The minimum absolute atomic E-state index is 0.0261. The van der Waals surface area contributed by atoms with E-state index in [1.165, 1.54) is 0 Å². The van der Waals surface area contributed by atoms with Gasteiger partial charge in [0.2, 0.25) is 5.91 Å². The number of amides is 3. The second-order valence-corrected chi connectivity index (χ2v) is 4.85. The summed E-state index contributed by atoms with van der Waals surface area (Å²) in [5, 5.41) is 8.38. The second kappa shape index (κ2) is 6.99. The van der Waals surface area contributed by atoms with Crippen molar-refractivity contribution in [2.75, 3.05) is 11.9 Å². The van der Waals surface area contributed by atoms with Crippen LogP contribution in [-0.4, -0.2) is 24.5 Å². The summed E-state index contributed by atoms with van der Waals surface area (Å²) in [5.41, 5.74) is 1.44. The first-order valence-corrected chi connectivity index (χ1v) is 6.37. The lowest BCUT2D eigenvalue weighted by atomic mass is 10.2. The topological polar surface area (TPSA) is 70.2 Å². The zero-order valence-corrected chi connectivity index (χ0v) is 12.0. The molecule has 0 spiro atoms. The van der Waals surface area contributed by atoms with Gasteiger partial charge in [-0.1, -0.05) is 17.7 Å². The lowest BCUT2D eigenvalue weighted by Gasteiger charge is -2.11. The molecule has 0 aliphatic rings. The molecule has 0 aliphatic heterocycles. The molecule has 0 fully saturated rings. The average molecular weight is 284 g/mol. The van der Waals surface area contributed by atoms with Crippen molar-refractivity contribution in [1.82, 2.24) is 10.6 Å². The third-order valence-corrected chi connectivity index (χ3v) is 2.78. The summed E-state index contributed by atoms with van der Waals surface area (Å²) in [4.78, 5) is 23.0. The van der Waals surface area contributed by atoms with Crippen LogP contribution >= 0.6 is 11.6 Å². The molecule has 0 aliphatic carbocycles. The van der Waals surface area contributed by atoms with E-state index in [4.69, 9.17) is 11.6 Å². The number of urea groups is 1. The second-order valence-electron chi connectivity index (χ2n) is 4.44. The van der Waals surface area contributed by atoms with E-state index in [1.54, 1.807) is 18.2 Å². The maximum atomic E-state index is 11.7. The van der Waals surface area contributed by atoms with E-state index in [2.05, 4.69) is 16.0 Å². The molecule has 0 saturated carbocycles. The van der Waals surface area contributed by atoms with E-state index in [1.807, 2.05) is 20.8 Å². The quantitative estimate of drug-likeness (QED) is 0.793. The molecule has 1 rings (SSSR count). The van der Waals surface area contributed by atoms with Crippen molar-refractivity contribution in [3.8, 4) is 0 Å². The molecule has 5 nitrogen and oxygen atoms in total. The number of nitrogens with one attached hydrogen (secondary N) is 3. The summed E-state index contributed by atoms with van der Waals surface area (Å²) >= 11 is 5.95. The fourth-order valence-corrected chi connectivity index (χ4v) is 1.59. The van der Waals surface area contributed by atoms with E-state index in [0.29, 0.717) is 10.7 Å². The van der Waals surface area contributed by atoms with Gasteiger partial charge in [0.15, 0.2) is 0 Å². The molecule has 0 atom stereocenters. The van der Waals surface area contributed by atoms with Crippen LogP contribution < -0.4 is 16.0 Å². The highest BCUT2D eigenvalue weighted by molar-refractivity contribution is 6.31. The number of carbonyl (C=O) groups excluding carboxylic acids is 2. The first kappa shape index (κ1) is 15.3. The molecule has 0 saturated heterocycles. The summed E-state index contributed by atoms with van der Waals surface area (Å²) < 4.78 is 0. The first-order chi connectivity index (χ1) is 8.90. The third-order valence-electron chi connectivity index (χ3n) is 2.37. The molecule has 1 aromatic carbocycles. The molecule has 3 amide bonds. The molecule has 19 heavy (non-hydrogen) atoms. The normalized spacial score (nSPS) is 10.2. The fraction of sp³-hybridized carbons (Fsp3) is 0.385. The molecule has 1 aromatic rings. The largest absolute Gasteiger partial charge is 0.336 e. The Balaban J connectivity index is 2.48. The minimum atomic E-state index is -0.368. The Morgan fingerprint density at radius 1 is 1.32 bits per heavy atom. The minimum Gasteiger partial charge on any atom is -0.336 e. The lowest BCUT2D eigenvalue weighted by Crippen LogP contribution is -2.42. The Morgan fingerprint density at radius 3 is 2.63 bits per heavy atom. The van der Waals surface area contributed by atoms with Crippen molar-refractivity contribution < 1.29 is 9.59 Å². The van der Waals surface area contributed by atoms with Gasteiger partial charge in [-0.05, 0) is 38.5 Å². The Hall–Kier alpha value is -1.75. The van der Waals surface area contributed by atoms with E-state index >= 15 is 0 Å². The van der Waals surface area contributed by atoms with Crippen LogP contribution in [0.5, 0.6) is 0 Å². The smallest absolute Gasteiger partial charge is 0.315 e. The zero-order chi connectivity index (χ0) is 14.4. The van der Waals surface area contributed by atoms with Crippen LogP contribution in [-0.2, 0) is 4.79 Å². The predicted octanol–water partition coefficient (Wildman–Crippen LogP) is 2.29. The van der Waals surface area contributed by atoms with Gasteiger partial charge in [-0.15, -0.1) is 0 Å². The number of benzene rings is 1. The number of hydrogen-bond acceptors (Lipinski definition) is 2. The number of hydrogen-bond donors (Lipinski definition) is 3. The van der Waals surface area contributed by atoms with Crippen LogP contribution in [0.15, 0.2) is 18.2 Å². The van der Waals surface area contributed by atoms with Crippen LogP contribution in [0.3, 0.4) is 0 Å². The van der Waals surface area contributed by atoms with Gasteiger partial charge < -0.3 is 16.0 Å². The summed E-state index contributed by atoms with van der Waals surface area (Å²) in [6.45, 7) is 5.41. The van der Waals surface area contributed by atoms with Gasteiger partial charge in [0.1, 0.15) is 0 Å². The van der Waals surface area contributed by atoms with Gasteiger partial charge in [-0.25, -0.2) is 4.79 Å². The van der Waals surface area contributed by atoms with Crippen LogP contribution in [0.2, 0.25) is 5.02 Å². The van der Waals surface area contributed by atoms with Gasteiger partial charge in [0, 0.05) is 16.8 Å². The molecule has 3 N–H and O–H groups in total. The molecule has 0 bridgehead atoms. The van der Waals surface area contributed by atoms with E-state index in [9.17, 15) is 9.59 Å². The van der Waals surface area contributed by atoms with Crippen LogP contribution in [0, 0.1) is 6.92 Å². The molecule has 0 heterocycles. The monoisotopic (exact) mass is 283 g/mol. The van der Waals surface area contributed by atoms with E-state index in [0.717, 1.165) is 5.56 Å². The summed E-state index contributed by atoms with van der Waals surface area (Å²) in [7, 11) is 0. The Bertz CT molecular complexity index is 475. The summed E-state index contributed by atoms with van der Waals surface area (Å²) in [6.07, 6.45) is 0. The standard InChI is InChI=1S/C13H18ClN3O2/c1-8(2)16-13(19)15-7-12(18)17-11-6-4-5-10(14)9(11)3/h4-6,8H,7H2,1-3H3,(H,17,18)(H2,15,16,19). The summed E-state index contributed by atoms with van der Waals surface area (Å²) in [5.74, 6) is -0.302. The average Bonchev–Trinajstić information content (AvgIpc) is 2.32. The highest BCUT2D eigenvalue weighted by Gasteiger charge is 2.08. The molecule has 0 aromatic heterocycles. The van der Waals surface area contributed by atoms with Gasteiger partial charge in [-0.2, -0.15) is 0 Å². The Morgan fingerprint density at radius 2 is 2.00 bits per heavy atom. The molecule has 0 radical (unpaired) electrons. The van der Waals surface area contributed by atoms with Crippen molar-refractivity contribution in [2.45, 2.75) is 26.8 Å². The predicted molar refractivity (Wildman–Crippen MR) is 76.5 cm³/mol. The van der Waals surface area contributed by atoms with Gasteiger partial charge >= 0.3 is 6.03 Å². The van der Waals surface area contributed by atoms with E-state index < -0.39 is 0 Å². The molecular weight excluding hydrogens is 266 g/mol. The van der Waals surface area contributed by atoms with Crippen molar-refractivity contribution in [3.63, 3.8) is 0 Å². The highest BCUT2D eigenvalue weighted by atomic mass is 35.5. The number of rotatable bonds is 4.